The molecule has 6 saturated heterocycles. The zero-order chi connectivity index (χ0) is 28.9. The first-order valence-electron chi connectivity index (χ1n) is 15.3. The SMILES string of the molecule is Cl.Fc1ccc(/C(=N/OCc2ccccc2)C2CC3CCN2CC3)cc1.O=C(c1ccc(F)cc1)C1CC2CCN1CC2. The summed E-state index contributed by atoms with van der Waals surface area (Å²) in [5.41, 5.74) is 3.62. The number of hydrogen-bond acceptors (Lipinski definition) is 5. The van der Waals surface area contributed by atoms with Gasteiger partial charge in [-0.1, -0.05) is 47.6 Å². The average Bonchev–Trinajstić information content (AvgIpc) is 3.05. The molecule has 8 heteroatoms. The van der Waals surface area contributed by atoms with Gasteiger partial charge in [0.1, 0.15) is 24.0 Å². The summed E-state index contributed by atoms with van der Waals surface area (Å²) in [4.78, 5) is 22.8. The summed E-state index contributed by atoms with van der Waals surface area (Å²) < 4.78 is 26.2. The molecule has 0 saturated carbocycles. The fourth-order valence-corrected chi connectivity index (χ4v) is 6.97. The predicted molar refractivity (Wildman–Crippen MR) is 168 cm³/mol. The number of benzene rings is 3. The molecule has 0 aliphatic carbocycles. The smallest absolute Gasteiger partial charge is 0.179 e. The molecule has 4 bridgehead atoms. The van der Waals surface area contributed by atoms with Gasteiger partial charge in [0, 0.05) is 11.1 Å². The highest BCUT2D eigenvalue weighted by Crippen LogP contribution is 2.34. The average molecular weight is 608 g/mol. The van der Waals surface area contributed by atoms with E-state index in [1.165, 1.54) is 49.9 Å². The summed E-state index contributed by atoms with van der Waals surface area (Å²) in [5.74, 6) is 1.14. The summed E-state index contributed by atoms with van der Waals surface area (Å²) in [6.07, 6.45) is 7.11. The standard InChI is InChI=1S/C21H23FN2O.C14H16FNO.ClH/c22-19-8-6-18(7-9-19)21(20-14-16-10-12-24(20)13-11-16)23-25-15-17-4-2-1-3-5-17;15-12-3-1-11(2-4-12)14(17)13-9-10-5-7-16(13)8-6-10;/h1-9,16,20H,10-15H2;1-4,10,13H,5-9H2;1H/b23-21-;;. The van der Waals surface area contributed by atoms with Gasteiger partial charge in [-0.05, 0) is 119 Å². The van der Waals surface area contributed by atoms with Gasteiger partial charge in [0.15, 0.2) is 5.78 Å². The molecule has 3 aromatic rings. The number of hydrogen-bond donors (Lipinski definition) is 0. The lowest BCUT2D eigenvalue weighted by Crippen LogP contribution is -2.52. The minimum absolute atomic E-state index is 0. The zero-order valence-corrected chi connectivity index (χ0v) is 25.2. The molecule has 9 rings (SSSR count). The van der Waals surface area contributed by atoms with Gasteiger partial charge in [0.2, 0.25) is 0 Å². The molecule has 228 valence electrons. The molecule has 2 unspecified atom stereocenters. The number of fused-ring (bicyclic) bond motifs is 6. The molecule has 0 amide bonds. The zero-order valence-electron chi connectivity index (χ0n) is 24.4. The Morgan fingerprint density at radius 3 is 1.67 bits per heavy atom. The summed E-state index contributed by atoms with van der Waals surface area (Å²) in [6.45, 7) is 4.77. The van der Waals surface area contributed by atoms with E-state index in [1.807, 2.05) is 42.5 Å². The van der Waals surface area contributed by atoms with Gasteiger partial charge in [-0.25, -0.2) is 8.78 Å². The Bertz CT molecular complexity index is 1350. The van der Waals surface area contributed by atoms with E-state index in [1.54, 1.807) is 12.1 Å². The number of piperidine rings is 6. The van der Waals surface area contributed by atoms with E-state index >= 15 is 0 Å². The number of oxime groups is 1. The number of rotatable bonds is 7. The van der Waals surface area contributed by atoms with Gasteiger partial charge in [-0.2, -0.15) is 0 Å². The van der Waals surface area contributed by atoms with Crippen molar-refractivity contribution in [1.29, 1.82) is 0 Å². The van der Waals surface area contributed by atoms with Crippen LogP contribution in [0.3, 0.4) is 0 Å². The van der Waals surface area contributed by atoms with Crippen molar-refractivity contribution in [2.45, 2.75) is 57.2 Å². The molecule has 0 radical (unpaired) electrons. The van der Waals surface area contributed by atoms with Crippen LogP contribution in [-0.2, 0) is 11.4 Å². The second-order valence-corrected chi connectivity index (χ2v) is 12.1. The molecule has 2 atom stereocenters. The molecule has 43 heavy (non-hydrogen) atoms. The fraction of sp³-hybridized carbons (Fsp3) is 0.429. The Hall–Kier alpha value is -3.13. The second kappa shape index (κ2) is 14.6. The number of carbonyl (C=O) groups excluding carboxylic acids is 1. The Labute approximate surface area is 259 Å². The van der Waals surface area contributed by atoms with E-state index in [0.29, 0.717) is 12.2 Å². The van der Waals surface area contributed by atoms with Crippen molar-refractivity contribution in [3.8, 4) is 0 Å². The molecule has 0 spiro atoms. The number of ketones is 1. The topological polar surface area (TPSA) is 45.1 Å². The first-order chi connectivity index (χ1) is 20.5. The van der Waals surface area contributed by atoms with Crippen LogP contribution in [0.4, 0.5) is 8.78 Å². The first-order valence-corrected chi connectivity index (χ1v) is 15.3. The van der Waals surface area contributed by atoms with E-state index in [2.05, 4.69) is 15.0 Å². The molecule has 6 aliphatic heterocycles. The summed E-state index contributed by atoms with van der Waals surface area (Å²) in [6, 6.07) is 22.9. The van der Waals surface area contributed by atoms with Gasteiger partial charge >= 0.3 is 0 Å². The Kier molecular flexibility index (Phi) is 10.6. The van der Waals surface area contributed by atoms with E-state index in [0.717, 1.165) is 67.7 Å². The second-order valence-electron chi connectivity index (χ2n) is 12.1. The van der Waals surface area contributed by atoms with Crippen LogP contribution in [0, 0.1) is 23.5 Å². The molecule has 0 N–H and O–H groups in total. The normalized spacial score (nSPS) is 27.4. The van der Waals surface area contributed by atoms with Gasteiger partial charge in [0.25, 0.3) is 0 Å². The summed E-state index contributed by atoms with van der Waals surface area (Å²) in [5, 5.41) is 4.51. The third kappa shape index (κ3) is 7.69. The minimum atomic E-state index is -0.285. The molecular formula is C35H40ClF2N3O2. The Balaban J connectivity index is 0.000000179. The van der Waals surface area contributed by atoms with Crippen molar-refractivity contribution in [1.82, 2.24) is 9.80 Å². The molecule has 5 nitrogen and oxygen atoms in total. The molecule has 6 heterocycles. The highest BCUT2D eigenvalue weighted by Gasteiger charge is 2.38. The quantitative estimate of drug-likeness (QED) is 0.163. The lowest BCUT2D eigenvalue weighted by molar-refractivity contribution is 0.0406. The van der Waals surface area contributed by atoms with Gasteiger partial charge in [-0.15, -0.1) is 12.4 Å². The van der Waals surface area contributed by atoms with Crippen molar-refractivity contribution in [3.63, 3.8) is 0 Å². The number of carbonyl (C=O) groups is 1. The van der Waals surface area contributed by atoms with Crippen LogP contribution < -0.4 is 0 Å². The molecule has 3 aromatic carbocycles. The van der Waals surface area contributed by atoms with E-state index < -0.39 is 0 Å². The van der Waals surface area contributed by atoms with E-state index in [-0.39, 0.29) is 41.9 Å². The third-order valence-corrected chi connectivity index (χ3v) is 9.42. The van der Waals surface area contributed by atoms with Crippen LogP contribution in [0.5, 0.6) is 0 Å². The van der Waals surface area contributed by atoms with E-state index in [4.69, 9.17) is 4.84 Å². The van der Waals surface area contributed by atoms with Crippen LogP contribution >= 0.6 is 12.4 Å². The molecule has 0 aromatic heterocycles. The predicted octanol–water partition coefficient (Wildman–Crippen LogP) is 7.15. The fourth-order valence-electron chi connectivity index (χ4n) is 6.97. The maximum Gasteiger partial charge on any atom is 0.179 e. The molecule has 6 aliphatic rings. The Morgan fingerprint density at radius 2 is 1.19 bits per heavy atom. The van der Waals surface area contributed by atoms with Crippen LogP contribution in [0.25, 0.3) is 0 Å². The third-order valence-electron chi connectivity index (χ3n) is 9.42. The van der Waals surface area contributed by atoms with Crippen LogP contribution in [0.2, 0.25) is 0 Å². The maximum atomic E-state index is 13.3. The number of Topliss-reactive ketones (excluding diaryl/α,β-unsaturated/α-hetero) is 1. The first kappa shape index (κ1) is 31.3. The Morgan fingerprint density at radius 1 is 0.698 bits per heavy atom. The highest BCUT2D eigenvalue weighted by molar-refractivity contribution is 6.04. The number of nitrogens with zero attached hydrogens (tertiary/aromatic N) is 3. The lowest BCUT2D eigenvalue weighted by Gasteiger charge is -2.45. The molecule has 6 fully saturated rings. The monoisotopic (exact) mass is 607 g/mol. The lowest BCUT2D eigenvalue weighted by atomic mass is 9.80. The largest absolute Gasteiger partial charge is 0.391 e. The van der Waals surface area contributed by atoms with Crippen molar-refractivity contribution < 1.29 is 18.4 Å². The van der Waals surface area contributed by atoms with Crippen molar-refractivity contribution in [2.75, 3.05) is 26.2 Å². The maximum absolute atomic E-state index is 13.3. The van der Waals surface area contributed by atoms with Crippen LogP contribution in [0.15, 0.2) is 84.0 Å². The molecular weight excluding hydrogens is 568 g/mol. The van der Waals surface area contributed by atoms with Gasteiger partial charge in [-0.3, -0.25) is 14.6 Å². The van der Waals surface area contributed by atoms with Gasteiger partial charge in [0.05, 0.1) is 12.1 Å². The number of halogens is 3. The van der Waals surface area contributed by atoms with Gasteiger partial charge < -0.3 is 4.84 Å². The summed E-state index contributed by atoms with van der Waals surface area (Å²) >= 11 is 0. The highest BCUT2D eigenvalue weighted by atomic mass is 35.5. The van der Waals surface area contributed by atoms with Crippen molar-refractivity contribution in [2.24, 2.45) is 17.0 Å². The minimum Gasteiger partial charge on any atom is -0.391 e. The summed E-state index contributed by atoms with van der Waals surface area (Å²) in [7, 11) is 0. The van der Waals surface area contributed by atoms with Crippen LogP contribution in [-0.4, -0.2) is 59.6 Å². The van der Waals surface area contributed by atoms with Crippen molar-refractivity contribution >= 4 is 23.9 Å². The van der Waals surface area contributed by atoms with Crippen molar-refractivity contribution in [3.05, 3.63) is 107 Å². The van der Waals surface area contributed by atoms with Crippen LogP contribution in [0.1, 0.15) is 60.0 Å². The van der Waals surface area contributed by atoms with E-state index in [9.17, 15) is 13.6 Å².